The van der Waals surface area contributed by atoms with Gasteiger partial charge < -0.3 is 14.6 Å². The van der Waals surface area contributed by atoms with Crippen molar-refractivity contribution in [3.63, 3.8) is 0 Å². The summed E-state index contributed by atoms with van der Waals surface area (Å²) in [6.45, 7) is 4.07. The fourth-order valence-electron chi connectivity index (χ4n) is 2.61. The minimum Gasteiger partial charge on any atom is -0.508 e. The number of hydrogen-bond acceptors (Lipinski definition) is 6. The molecule has 0 unspecified atom stereocenters. The van der Waals surface area contributed by atoms with E-state index in [1.54, 1.807) is 61.6 Å². The number of aliphatic imine (C=N–C) groups is 1. The Hall–Kier alpha value is -3.19. The molecule has 2 aromatic carbocycles. The van der Waals surface area contributed by atoms with E-state index in [0.717, 1.165) is 5.56 Å². The normalized spacial score (nSPS) is 16.6. The van der Waals surface area contributed by atoms with Gasteiger partial charge in [-0.3, -0.25) is 9.69 Å². The van der Waals surface area contributed by atoms with Crippen molar-refractivity contribution in [2.45, 2.75) is 0 Å². The summed E-state index contributed by atoms with van der Waals surface area (Å²) in [5.74, 6) is 1.24. The number of phenols is 1. The van der Waals surface area contributed by atoms with Crippen LogP contribution in [0.4, 0.5) is 5.69 Å². The van der Waals surface area contributed by atoms with Gasteiger partial charge in [0.15, 0.2) is 16.7 Å². The van der Waals surface area contributed by atoms with E-state index in [1.165, 1.54) is 11.8 Å². The Balaban J connectivity index is 1.94. The van der Waals surface area contributed by atoms with Crippen LogP contribution in [0.25, 0.3) is 6.08 Å². The zero-order valence-electron chi connectivity index (χ0n) is 15.6. The van der Waals surface area contributed by atoms with Crippen LogP contribution in [-0.2, 0) is 4.79 Å². The molecule has 1 amide bonds. The Labute approximate surface area is 167 Å². The fraction of sp³-hybridized carbons (Fsp3) is 0.143. The van der Waals surface area contributed by atoms with Crippen molar-refractivity contribution in [3.8, 4) is 17.2 Å². The summed E-state index contributed by atoms with van der Waals surface area (Å²) in [5, 5.41) is 9.98. The Bertz CT molecular complexity index is 951. The van der Waals surface area contributed by atoms with Crippen LogP contribution in [0.2, 0.25) is 0 Å². The molecule has 1 fully saturated rings. The van der Waals surface area contributed by atoms with E-state index in [1.807, 2.05) is 12.1 Å². The lowest BCUT2D eigenvalue weighted by Crippen LogP contribution is -2.29. The molecular weight excluding hydrogens is 376 g/mol. The molecule has 6 nitrogen and oxygen atoms in total. The van der Waals surface area contributed by atoms with Gasteiger partial charge in [0.25, 0.3) is 5.91 Å². The highest BCUT2D eigenvalue weighted by molar-refractivity contribution is 8.18. The van der Waals surface area contributed by atoms with E-state index in [0.29, 0.717) is 33.8 Å². The largest absolute Gasteiger partial charge is 0.508 e. The topological polar surface area (TPSA) is 71.4 Å². The number of methoxy groups -OCH3 is 2. The van der Waals surface area contributed by atoms with Gasteiger partial charge in [0, 0.05) is 6.54 Å². The number of ether oxygens (including phenoxy) is 2. The number of amidine groups is 1. The Morgan fingerprint density at radius 1 is 1.14 bits per heavy atom. The number of thioether (sulfide) groups is 1. The van der Waals surface area contributed by atoms with Crippen molar-refractivity contribution >= 4 is 34.6 Å². The van der Waals surface area contributed by atoms with E-state index in [4.69, 9.17) is 9.47 Å². The van der Waals surface area contributed by atoms with Crippen LogP contribution >= 0.6 is 11.8 Å². The predicted octanol–water partition coefficient (Wildman–Crippen LogP) is 4.20. The van der Waals surface area contributed by atoms with E-state index in [2.05, 4.69) is 11.6 Å². The highest BCUT2D eigenvalue weighted by Gasteiger charge is 2.32. The number of nitrogens with zero attached hydrogens (tertiary/aromatic N) is 2. The summed E-state index contributed by atoms with van der Waals surface area (Å²) in [5.41, 5.74) is 1.47. The highest BCUT2D eigenvalue weighted by Crippen LogP contribution is 2.35. The summed E-state index contributed by atoms with van der Waals surface area (Å²) in [4.78, 5) is 19.5. The summed E-state index contributed by atoms with van der Waals surface area (Å²) in [7, 11) is 3.14. The lowest BCUT2D eigenvalue weighted by atomic mass is 10.2. The van der Waals surface area contributed by atoms with Gasteiger partial charge >= 0.3 is 0 Å². The average Bonchev–Trinajstić information content (AvgIpc) is 2.98. The van der Waals surface area contributed by atoms with Gasteiger partial charge in [0.1, 0.15) is 5.75 Å². The van der Waals surface area contributed by atoms with Crippen LogP contribution in [0.1, 0.15) is 5.56 Å². The zero-order chi connectivity index (χ0) is 20.1. The maximum atomic E-state index is 12.8. The van der Waals surface area contributed by atoms with Gasteiger partial charge in [-0.2, -0.15) is 0 Å². The molecule has 0 radical (unpaired) electrons. The number of carbonyl (C=O) groups is 1. The molecule has 1 heterocycles. The zero-order valence-corrected chi connectivity index (χ0v) is 16.4. The van der Waals surface area contributed by atoms with Crippen molar-refractivity contribution < 1.29 is 19.4 Å². The number of hydrogen-bond donors (Lipinski definition) is 1. The molecule has 0 saturated carbocycles. The van der Waals surface area contributed by atoms with Gasteiger partial charge in [-0.25, -0.2) is 4.99 Å². The second-order valence-corrected chi connectivity index (χ2v) is 6.85. The second-order valence-electron chi connectivity index (χ2n) is 5.84. The number of benzene rings is 2. The number of aromatic hydroxyl groups is 1. The first-order valence-electron chi connectivity index (χ1n) is 8.47. The molecule has 7 heteroatoms. The Morgan fingerprint density at radius 2 is 1.86 bits per heavy atom. The summed E-state index contributed by atoms with van der Waals surface area (Å²) >= 11 is 1.29. The lowest BCUT2D eigenvalue weighted by Gasteiger charge is -2.12. The molecular formula is C21H20N2O4S. The molecule has 28 heavy (non-hydrogen) atoms. The first-order valence-corrected chi connectivity index (χ1v) is 9.29. The molecule has 2 aromatic rings. The molecule has 1 saturated heterocycles. The molecule has 1 aliphatic rings. The molecule has 1 N–H and O–H groups in total. The first-order chi connectivity index (χ1) is 13.5. The minimum absolute atomic E-state index is 0.141. The van der Waals surface area contributed by atoms with Crippen LogP contribution in [-0.4, -0.2) is 41.8 Å². The van der Waals surface area contributed by atoms with Crippen LogP contribution in [0.3, 0.4) is 0 Å². The number of phenolic OH excluding ortho intramolecular Hbond substituents is 1. The predicted molar refractivity (Wildman–Crippen MR) is 112 cm³/mol. The molecule has 0 aromatic heterocycles. The SMILES string of the molecule is C=CCN1C(=O)C(=Cc2ccc(OC)c(OC)c2)SC1=Nc1ccc(O)cc1. The fourth-order valence-corrected chi connectivity index (χ4v) is 3.62. The van der Waals surface area contributed by atoms with Crippen molar-refractivity contribution in [1.82, 2.24) is 4.90 Å². The van der Waals surface area contributed by atoms with Crippen molar-refractivity contribution in [2.24, 2.45) is 4.99 Å². The maximum Gasteiger partial charge on any atom is 0.267 e. The van der Waals surface area contributed by atoms with E-state index in [-0.39, 0.29) is 11.7 Å². The van der Waals surface area contributed by atoms with Gasteiger partial charge in [-0.05, 0) is 59.8 Å². The van der Waals surface area contributed by atoms with E-state index < -0.39 is 0 Å². The molecule has 0 aliphatic carbocycles. The maximum absolute atomic E-state index is 12.8. The quantitative estimate of drug-likeness (QED) is 0.585. The number of rotatable bonds is 6. The van der Waals surface area contributed by atoms with Gasteiger partial charge in [0.2, 0.25) is 0 Å². The van der Waals surface area contributed by atoms with Crippen LogP contribution < -0.4 is 9.47 Å². The molecule has 3 rings (SSSR count). The van der Waals surface area contributed by atoms with Crippen LogP contribution in [0.5, 0.6) is 17.2 Å². The minimum atomic E-state index is -0.141. The lowest BCUT2D eigenvalue weighted by molar-refractivity contribution is -0.121. The van der Waals surface area contributed by atoms with Crippen LogP contribution in [0.15, 0.2) is 65.0 Å². The summed E-state index contributed by atoms with van der Waals surface area (Å²) < 4.78 is 10.6. The first kappa shape index (κ1) is 19.6. The molecule has 144 valence electrons. The molecule has 0 bridgehead atoms. The number of amides is 1. The monoisotopic (exact) mass is 396 g/mol. The van der Waals surface area contributed by atoms with Crippen molar-refractivity contribution in [3.05, 3.63) is 65.6 Å². The second kappa shape index (κ2) is 8.67. The van der Waals surface area contributed by atoms with Gasteiger partial charge in [-0.15, -0.1) is 6.58 Å². The van der Waals surface area contributed by atoms with Crippen LogP contribution in [0, 0.1) is 0 Å². The Morgan fingerprint density at radius 3 is 2.50 bits per heavy atom. The highest BCUT2D eigenvalue weighted by atomic mass is 32.2. The molecule has 0 spiro atoms. The third-order valence-corrected chi connectivity index (χ3v) is 4.99. The standard InChI is InChI=1S/C21H20N2O4S/c1-4-11-23-20(25)19(13-14-5-10-17(26-2)18(12-14)27-3)28-21(23)22-15-6-8-16(24)9-7-15/h4-10,12-13,24H,1,11H2,2-3H3. The van der Waals surface area contributed by atoms with Gasteiger partial charge in [-0.1, -0.05) is 12.1 Å². The van der Waals surface area contributed by atoms with Crippen molar-refractivity contribution in [1.29, 1.82) is 0 Å². The molecule has 0 atom stereocenters. The Kier molecular flexibility index (Phi) is 6.06. The number of carbonyl (C=O) groups excluding carboxylic acids is 1. The summed E-state index contributed by atoms with van der Waals surface area (Å²) in [6.07, 6.45) is 3.45. The van der Waals surface area contributed by atoms with E-state index in [9.17, 15) is 9.90 Å². The van der Waals surface area contributed by atoms with Gasteiger partial charge in [0.05, 0.1) is 24.8 Å². The smallest absolute Gasteiger partial charge is 0.267 e. The molecule has 1 aliphatic heterocycles. The third kappa shape index (κ3) is 4.20. The van der Waals surface area contributed by atoms with E-state index >= 15 is 0 Å². The third-order valence-electron chi connectivity index (χ3n) is 3.98. The van der Waals surface area contributed by atoms with Crippen molar-refractivity contribution in [2.75, 3.05) is 20.8 Å². The summed E-state index contributed by atoms with van der Waals surface area (Å²) in [6, 6.07) is 12.0. The average molecular weight is 396 g/mol.